The van der Waals surface area contributed by atoms with Crippen LogP contribution in [0.3, 0.4) is 0 Å². The molecule has 1 amide bonds. The van der Waals surface area contributed by atoms with Crippen molar-refractivity contribution in [2.24, 2.45) is 5.10 Å². The number of hydrogen-bond acceptors (Lipinski definition) is 5. The van der Waals surface area contributed by atoms with Crippen molar-refractivity contribution in [3.05, 3.63) is 23.8 Å². The van der Waals surface area contributed by atoms with Gasteiger partial charge in [0.2, 0.25) is 5.91 Å². The van der Waals surface area contributed by atoms with Gasteiger partial charge in [-0.15, -0.1) is 0 Å². The molecular formula is C20H27F3N2O4. The normalized spacial score (nSPS) is 19.3. The predicted molar refractivity (Wildman–Crippen MR) is 102 cm³/mol. The van der Waals surface area contributed by atoms with Crippen LogP contribution < -0.4 is 9.47 Å². The Labute approximate surface area is 168 Å². The van der Waals surface area contributed by atoms with E-state index < -0.39 is 24.2 Å². The number of methoxy groups -OCH3 is 2. The van der Waals surface area contributed by atoms with E-state index in [-0.39, 0.29) is 17.1 Å². The van der Waals surface area contributed by atoms with Crippen LogP contribution in [-0.4, -0.2) is 47.9 Å². The molecule has 0 aromatic heterocycles. The second-order valence-electron chi connectivity index (χ2n) is 7.04. The van der Waals surface area contributed by atoms with Crippen molar-refractivity contribution in [2.75, 3.05) is 14.2 Å². The van der Waals surface area contributed by atoms with E-state index >= 15 is 0 Å². The molecule has 29 heavy (non-hydrogen) atoms. The van der Waals surface area contributed by atoms with Crippen LogP contribution in [0.2, 0.25) is 0 Å². The molecule has 0 saturated heterocycles. The minimum atomic E-state index is -5.02. The van der Waals surface area contributed by atoms with Gasteiger partial charge in [-0.25, -0.2) is 0 Å². The highest BCUT2D eigenvalue weighted by atomic mass is 19.4. The summed E-state index contributed by atoms with van der Waals surface area (Å²) in [5.74, 6) is -0.157. The van der Waals surface area contributed by atoms with Crippen LogP contribution in [0.4, 0.5) is 13.2 Å². The molecule has 0 fully saturated rings. The third-order valence-corrected chi connectivity index (χ3v) is 4.85. The lowest BCUT2D eigenvalue weighted by molar-refractivity contribution is -0.302. The fourth-order valence-corrected chi connectivity index (χ4v) is 3.24. The summed E-state index contributed by atoms with van der Waals surface area (Å²) in [6.07, 6.45) is -2.30. The molecule has 0 radical (unpaired) electrons. The summed E-state index contributed by atoms with van der Waals surface area (Å²) in [6.45, 7) is 2.03. The van der Waals surface area contributed by atoms with Crippen LogP contribution in [0.1, 0.15) is 51.0 Å². The molecule has 1 atom stereocenters. The average molecular weight is 416 g/mol. The van der Waals surface area contributed by atoms with Gasteiger partial charge in [0.05, 0.1) is 20.6 Å². The van der Waals surface area contributed by atoms with Crippen LogP contribution in [0.15, 0.2) is 23.3 Å². The first-order valence-corrected chi connectivity index (χ1v) is 9.55. The molecule has 1 heterocycles. The second kappa shape index (κ2) is 9.47. The molecule has 1 N–H and O–H groups in total. The van der Waals surface area contributed by atoms with Crippen LogP contribution in [0.5, 0.6) is 11.5 Å². The maximum atomic E-state index is 13.6. The number of rotatable bonds is 9. The predicted octanol–water partition coefficient (Wildman–Crippen LogP) is 4.06. The number of unbranched alkanes of at least 4 members (excludes halogenated alkanes) is 3. The summed E-state index contributed by atoms with van der Waals surface area (Å²) in [4.78, 5) is 12.6. The van der Waals surface area contributed by atoms with Gasteiger partial charge in [0.25, 0.3) is 5.72 Å². The first-order chi connectivity index (χ1) is 13.7. The second-order valence-corrected chi connectivity index (χ2v) is 7.04. The van der Waals surface area contributed by atoms with Crippen molar-refractivity contribution in [2.45, 2.75) is 63.8 Å². The number of carbonyl (C=O) groups excluding carboxylic acids is 1. The summed E-state index contributed by atoms with van der Waals surface area (Å²) in [6, 6.07) is 4.62. The summed E-state index contributed by atoms with van der Waals surface area (Å²) in [5, 5.41) is 14.4. The van der Waals surface area contributed by atoms with Crippen molar-refractivity contribution in [1.29, 1.82) is 0 Å². The van der Waals surface area contributed by atoms with E-state index in [1.807, 2.05) is 6.92 Å². The Balaban J connectivity index is 2.20. The van der Waals surface area contributed by atoms with E-state index in [2.05, 4.69) is 5.10 Å². The van der Waals surface area contributed by atoms with E-state index in [9.17, 15) is 23.1 Å². The molecule has 0 aliphatic carbocycles. The molecule has 1 aromatic rings. The molecule has 162 valence electrons. The average Bonchev–Trinajstić information content (AvgIpc) is 3.03. The molecule has 1 unspecified atom stereocenters. The van der Waals surface area contributed by atoms with Crippen LogP contribution in [-0.2, 0) is 11.2 Å². The summed E-state index contributed by atoms with van der Waals surface area (Å²) >= 11 is 0. The first kappa shape index (κ1) is 23.0. The lowest BCUT2D eigenvalue weighted by Gasteiger charge is -2.32. The molecule has 1 aliphatic heterocycles. The van der Waals surface area contributed by atoms with Gasteiger partial charge in [-0.2, -0.15) is 23.3 Å². The van der Waals surface area contributed by atoms with E-state index in [0.29, 0.717) is 29.9 Å². The van der Waals surface area contributed by atoms with Crippen molar-refractivity contribution >= 4 is 11.6 Å². The van der Waals surface area contributed by atoms with Gasteiger partial charge >= 0.3 is 6.18 Å². The molecular weight excluding hydrogens is 389 g/mol. The van der Waals surface area contributed by atoms with Crippen molar-refractivity contribution < 1.29 is 32.5 Å². The Morgan fingerprint density at radius 2 is 1.90 bits per heavy atom. The maximum absolute atomic E-state index is 13.6. The van der Waals surface area contributed by atoms with Gasteiger partial charge in [0, 0.05) is 12.1 Å². The van der Waals surface area contributed by atoms with Crippen molar-refractivity contribution in [3.63, 3.8) is 0 Å². The van der Waals surface area contributed by atoms with Gasteiger partial charge < -0.3 is 14.6 Å². The van der Waals surface area contributed by atoms with Crippen LogP contribution >= 0.6 is 0 Å². The van der Waals surface area contributed by atoms with Gasteiger partial charge in [-0.3, -0.25) is 4.79 Å². The monoisotopic (exact) mass is 416 g/mol. The highest BCUT2D eigenvalue weighted by Gasteiger charge is 2.62. The van der Waals surface area contributed by atoms with Crippen LogP contribution in [0.25, 0.3) is 0 Å². The zero-order valence-electron chi connectivity index (χ0n) is 16.9. The Bertz CT molecular complexity index is 752. The zero-order chi connectivity index (χ0) is 21.7. The summed E-state index contributed by atoms with van der Waals surface area (Å²) in [5.41, 5.74) is -2.72. The highest BCUT2D eigenvalue weighted by molar-refractivity contribution is 5.91. The zero-order valence-corrected chi connectivity index (χ0v) is 16.9. The fraction of sp³-hybridized carbons (Fsp3) is 0.600. The van der Waals surface area contributed by atoms with E-state index in [4.69, 9.17) is 9.47 Å². The topological polar surface area (TPSA) is 71.4 Å². The van der Waals surface area contributed by atoms with Gasteiger partial charge in [0.15, 0.2) is 11.5 Å². The third-order valence-electron chi connectivity index (χ3n) is 4.85. The maximum Gasteiger partial charge on any atom is 0.438 e. The first-order valence-electron chi connectivity index (χ1n) is 9.55. The van der Waals surface area contributed by atoms with Crippen molar-refractivity contribution in [3.8, 4) is 11.5 Å². The number of amides is 1. The number of benzene rings is 1. The molecule has 0 spiro atoms. The number of alkyl halides is 3. The Kier molecular flexibility index (Phi) is 7.51. The molecule has 0 saturated carbocycles. The standard InChI is InChI=1S/C20H27F3N2O4/c1-4-5-6-7-8-15-13-19(27,20(21,22)23)25(24-15)18(26)12-14-9-10-16(28-2)17(11-14)29-3/h9-11,27H,4-8,12-13H2,1-3H3. The highest BCUT2D eigenvalue weighted by Crippen LogP contribution is 2.41. The van der Waals surface area contributed by atoms with E-state index in [0.717, 1.165) is 19.3 Å². The molecule has 1 aliphatic rings. The number of halogens is 3. The minimum absolute atomic E-state index is 0.182. The molecule has 0 bridgehead atoms. The number of hydrazone groups is 1. The van der Waals surface area contributed by atoms with E-state index in [1.165, 1.54) is 20.3 Å². The Morgan fingerprint density at radius 3 is 2.48 bits per heavy atom. The number of ether oxygens (including phenoxy) is 2. The lowest BCUT2D eigenvalue weighted by atomic mass is 10.0. The van der Waals surface area contributed by atoms with Gasteiger partial charge in [0.1, 0.15) is 0 Å². The quantitative estimate of drug-likeness (QED) is 0.617. The smallest absolute Gasteiger partial charge is 0.438 e. The summed E-state index contributed by atoms with van der Waals surface area (Å²) in [7, 11) is 2.87. The SMILES string of the molecule is CCCCCCC1=NN(C(=O)Cc2ccc(OC)c(OC)c2)C(O)(C(F)(F)F)C1. The van der Waals surface area contributed by atoms with Crippen LogP contribution in [0, 0.1) is 0 Å². The number of aliphatic hydroxyl groups is 1. The molecule has 6 nitrogen and oxygen atoms in total. The fourth-order valence-electron chi connectivity index (χ4n) is 3.24. The Hall–Kier alpha value is -2.29. The number of hydrogen-bond donors (Lipinski definition) is 1. The third kappa shape index (κ3) is 5.20. The largest absolute Gasteiger partial charge is 0.493 e. The van der Waals surface area contributed by atoms with Crippen molar-refractivity contribution in [1.82, 2.24) is 5.01 Å². The lowest BCUT2D eigenvalue weighted by Crippen LogP contribution is -2.57. The van der Waals surface area contributed by atoms with E-state index in [1.54, 1.807) is 12.1 Å². The van der Waals surface area contributed by atoms with Gasteiger partial charge in [-0.05, 0) is 30.5 Å². The minimum Gasteiger partial charge on any atom is -0.493 e. The molecule has 2 rings (SSSR count). The molecule has 1 aromatic carbocycles. The summed E-state index contributed by atoms with van der Waals surface area (Å²) < 4.78 is 51.0. The molecule has 9 heteroatoms. The number of carbonyl (C=O) groups is 1. The van der Waals surface area contributed by atoms with Gasteiger partial charge in [-0.1, -0.05) is 32.3 Å². The Morgan fingerprint density at radius 1 is 1.21 bits per heavy atom. The number of nitrogens with zero attached hydrogens (tertiary/aromatic N) is 2.